The van der Waals surface area contributed by atoms with Gasteiger partial charge in [-0.3, -0.25) is 4.79 Å². The fourth-order valence-corrected chi connectivity index (χ4v) is 5.50. The number of methoxy groups -OCH3 is 1. The van der Waals surface area contributed by atoms with Crippen molar-refractivity contribution in [3.8, 4) is 5.75 Å². The third-order valence-electron chi connectivity index (χ3n) is 4.46. The number of carboxylic acids is 1. The molecule has 1 N–H and O–H groups in total. The van der Waals surface area contributed by atoms with E-state index in [-0.39, 0.29) is 11.4 Å². The Bertz CT molecular complexity index is 895. The van der Waals surface area contributed by atoms with E-state index in [1.807, 2.05) is 24.3 Å². The molecule has 8 heteroatoms. The maximum absolute atomic E-state index is 12.9. The molecule has 1 fully saturated rings. The zero-order valence-electron chi connectivity index (χ0n) is 14.9. The van der Waals surface area contributed by atoms with Crippen LogP contribution in [0.25, 0.3) is 0 Å². The van der Waals surface area contributed by atoms with Gasteiger partial charge in [0, 0.05) is 16.3 Å². The molecule has 1 aliphatic rings. The van der Waals surface area contributed by atoms with E-state index < -0.39 is 22.0 Å². The molecule has 3 rings (SSSR count). The Morgan fingerprint density at radius 1 is 1.07 bits per heavy atom. The Hall–Kier alpha value is -2.03. The minimum absolute atomic E-state index is 0.120. The normalized spacial score (nSPS) is 18.2. The van der Waals surface area contributed by atoms with Crippen molar-refractivity contribution in [1.29, 1.82) is 0 Å². The molecular formula is C19H21NO5S2. The summed E-state index contributed by atoms with van der Waals surface area (Å²) in [5, 5.41) is 9.35. The van der Waals surface area contributed by atoms with Gasteiger partial charge in [-0.25, -0.2) is 8.42 Å². The number of piperidine rings is 1. The van der Waals surface area contributed by atoms with Crippen LogP contribution in [0.4, 0.5) is 0 Å². The number of rotatable bonds is 6. The Balaban J connectivity index is 1.77. The highest BCUT2D eigenvalue weighted by Crippen LogP contribution is 2.31. The molecule has 0 aromatic heterocycles. The van der Waals surface area contributed by atoms with Crippen molar-refractivity contribution in [2.45, 2.75) is 40.0 Å². The molecule has 1 aliphatic heterocycles. The first-order valence-electron chi connectivity index (χ1n) is 8.58. The number of ether oxygens (including phenoxy) is 1. The quantitative estimate of drug-likeness (QED) is 0.789. The molecule has 6 nitrogen and oxygen atoms in total. The van der Waals surface area contributed by atoms with Gasteiger partial charge >= 0.3 is 5.97 Å². The van der Waals surface area contributed by atoms with Crippen molar-refractivity contribution in [2.75, 3.05) is 13.7 Å². The summed E-state index contributed by atoms with van der Waals surface area (Å²) < 4.78 is 32.0. The summed E-state index contributed by atoms with van der Waals surface area (Å²) in [7, 11) is -2.22. The molecule has 0 bridgehead atoms. The van der Waals surface area contributed by atoms with Crippen LogP contribution in [0.5, 0.6) is 5.75 Å². The van der Waals surface area contributed by atoms with Crippen molar-refractivity contribution in [1.82, 2.24) is 4.31 Å². The van der Waals surface area contributed by atoms with Crippen LogP contribution in [0.15, 0.2) is 63.2 Å². The lowest BCUT2D eigenvalue weighted by molar-refractivity contribution is -0.142. The van der Waals surface area contributed by atoms with Crippen molar-refractivity contribution >= 4 is 27.8 Å². The molecule has 1 saturated heterocycles. The lowest BCUT2D eigenvalue weighted by atomic mass is 10.1. The van der Waals surface area contributed by atoms with Crippen LogP contribution in [-0.2, 0) is 14.8 Å². The fourth-order valence-electron chi connectivity index (χ4n) is 3.03. The number of carboxylic acid groups (broad SMARTS) is 1. The molecule has 2 aromatic rings. The van der Waals surface area contributed by atoms with E-state index in [4.69, 9.17) is 4.74 Å². The molecule has 2 aromatic carbocycles. The maximum Gasteiger partial charge on any atom is 0.322 e. The van der Waals surface area contributed by atoms with E-state index in [1.165, 1.54) is 23.9 Å². The third-order valence-corrected chi connectivity index (χ3v) is 7.40. The first-order valence-corrected chi connectivity index (χ1v) is 10.8. The van der Waals surface area contributed by atoms with Crippen molar-refractivity contribution in [2.24, 2.45) is 0 Å². The highest BCUT2D eigenvalue weighted by atomic mass is 32.2. The second kappa shape index (κ2) is 8.33. The summed E-state index contributed by atoms with van der Waals surface area (Å²) in [6, 6.07) is 13.1. The largest absolute Gasteiger partial charge is 0.497 e. The molecule has 0 radical (unpaired) electrons. The smallest absolute Gasteiger partial charge is 0.322 e. The van der Waals surface area contributed by atoms with E-state index in [1.54, 1.807) is 19.2 Å². The zero-order valence-corrected chi connectivity index (χ0v) is 16.5. The maximum atomic E-state index is 12.9. The summed E-state index contributed by atoms with van der Waals surface area (Å²) in [5.74, 6) is -0.319. The van der Waals surface area contributed by atoms with Crippen LogP contribution in [0.3, 0.4) is 0 Å². The third kappa shape index (κ3) is 4.45. The molecule has 0 spiro atoms. The number of hydrogen-bond acceptors (Lipinski definition) is 5. The predicted octanol–water partition coefficient (Wildman–Crippen LogP) is 3.47. The molecular weight excluding hydrogens is 386 g/mol. The van der Waals surface area contributed by atoms with Crippen LogP contribution in [0.2, 0.25) is 0 Å². The second-order valence-corrected chi connectivity index (χ2v) is 9.25. The first kappa shape index (κ1) is 19.7. The van der Waals surface area contributed by atoms with Gasteiger partial charge in [0.1, 0.15) is 11.8 Å². The number of sulfonamides is 1. The number of carbonyl (C=O) groups is 1. The highest BCUT2D eigenvalue weighted by Gasteiger charge is 2.37. The number of hydrogen-bond donors (Lipinski definition) is 1. The molecule has 0 amide bonds. The van der Waals surface area contributed by atoms with Crippen molar-refractivity contribution in [3.63, 3.8) is 0 Å². The van der Waals surface area contributed by atoms with Crippen LogP contribution in [0, 0.1) is 0 Å². The minimum atomic E-state index is -3.83. The summed E-state index contributed by atoms with van der Waals surface area (Å²) in [5.41, 5.74) is 0. The van der Waals surface area contributed by atoms with E-state index in [0.717, 1.165) is 26.3 Å². The van der Waals surface area contributed by atoms with Gasteiger partial charge in [-0.2, -0.15) is 4.31 Å². The molecule has 1 atom stereocenters. The Morgan fingerprint density at radius 2 is 1.67 bits per heavy atom. The second-order valence-electron chi connectivity index (χ2n) is 6.21. The zero-order chi connectivity index (χ0) is 19.4. The Labute approximate surface area is 163 Å². The molecule has 27 heavy (non-hydrogen) atoms. The summed E-state index contributed by atoms with van der Waals surface area (Å²) in [6.07, 6.45) is 1.74. The van der Waals surface area contributed by atoms with Crippen LogP contribution in [0.1, 0.15) is 19.3 Å². The van der Waals surface area contributed by atoms with Gasteiger partial charge in [-0.15, -0.1) is 0 Å². The monoisotopic (exact) mass is 407 g/mol. The minimum Gasteiger partial charge on any atom is -0.497 e. The van der Waals surface area contributed by atoms with Gasteiger partial charge in [0.15, 0.2) is 0 Å². The average Bonchev–Trinajstić information content (AvgIpc) is 2.69. The Kier molecular flexibility index (Phi) is 6.08. The highest BCUT2D eigenvalue weighted by molar-refractivity contribution is 7.99. The standard InChI is InChI=1S/C19H21NO5S2/c1-25-14-5-7-15(8-6-14)26-16-9-11-17(12-10-16)27(23,24)20-13-3-2-4-18(20)19(21)22/h5-12,18H,2-4,13H2,1H3,(H,21,22). The number of aliphatic carboxylic acids is 1. The molecule has 0 saturated carbocycles. The van der Waals surface area contributed by atoms with Gasteiger partial charge < -0.3 is 9.84 Å². The SMILES string of the molecule is COc1ccc(Sc2ccc(S(=O)(=O)N3CCCCC3C(=O)O)cc2)cc1. The van der Waals surface area contributed by atoms with Gasteiger partial charge in [0.05, 0.1) is 12.0 Å². The van der Waals surface area contributed by atoms with Gasteiger partial charge in [-0.1, -0.05) is 11.8 Å². The van der Waals surface area contributed by atoms with E-state index >= 15 is 0 Å². The van der Waals surface area contributed by atoms with E-state index in [2.05, 4.69) is 0 Å². The number of nitrogens with zero attached hydrogens (tertiary/aromatic N) is 1. The molecule has 1 unspecified atom stereocenters. The summed E-state index contributed by atoms with van der Waals surface area (Å²) in [6.45, 7) is 0.238. The summed E-state index contributed by atoms with van der Waals surface area (Å²) in [4.78, 5) is 13.5. The fraction of sp³-hybridized carbons (Fsp3) is 0.316. The average molecular weight is 408 g/mol. The van der Waals surface area contributed by atoms with Crippen LogP contribution in [-0.4, -0.2) is 43.5 Å². The van der Waals surface area contributed by atoms with Crippen LogP contribution >= 0.6 is 11.8 Å². The van der Waals surface area contributed by atoms with E-state index in [0.29, 0.717) is 12.8 Å². The van der Waals surface area contributed by atoms with Gasteiger partial charge in [0.2, 0.25) is 10.0 Å². The van der Waals surface area contributed by atoms with Crippen LogP contribution < -0.4 is 4.74 Å². The Morgan fingerprint density at radius 3 is 2.22 bits per heavy atom. The van der Waals surface area contributed by atoms with E-state index in [9.17, 15) is 18.3 Å². The van der Waals surface area contributed by atoms with Crippen molar-refractivity contribution < 1.29 is 23.1 Å². The van der Waals surface area contributed by atoms with Gasteiger partial charge in [0.25, 0.3) is 0 Å². The topological polar surface area (TPSA) is 83.9 Å². The molecule has 0 aliphatic carbocycles. The van der Waals surface area contributed by atoms with Gasteiger partial charge in [-0.05, 0) is 67.8 Å². The lowest BCUT2D eigenvalue weighted by Gasteiger charge is -2.31. The van der Waals surface area contributed by atoms with Crippen molar-refractivity contribution in [3.05, 3.63) is 48.5 Å². The first-order chi connectivity index (χ1) is 12.9. The molecule has 1 heterocycles. The summed E-state index contributed by atoms with van der Waals surface area (Å²) >= 11 is 1.51. The number of benzene rings is 2. The predicted molar refractivity (Wildman–Crippen MR) is 103 cm³/mol. The lowest BCUT2D eigenvalue weighted by Crippen LogP contribution is -2.47. The molecule has 144 valence electrons.